The SMILES string of the molecule is CC(C)c1cc([C@H]2CCCN2C(=O)CCc2cc3n(n2)CCCNC3)no1. The van der Waals surface area contributed by atoms with Crippen LogP contribution in [-0.2, 0) is 24.3 Å². The van der Waals surface area contributed by atoms with Crippen LogP contribution in [0.25, 0.3) is 0 Å². The van der Waals surface area contributed by atoms with Gasteiger partial charge >= 0.3 is 0 Å². The Hall–Kier alpha value is -2.15. The van der Waals surface area contributed by atoms with Gasteiger partial charge in [-0.25, -0.2) is 0 Å². The summed E-state index contributed by atoms with van der Waals surface area (Å²) in [5, 5.41) is 12.3. The molecule has 27 heavy (non-hydrogen) atoms. The lowest BCUT2D eigenvalue weighted by Crippen LogP contribution is -2.30. The number of hydrogen-bond donors (Lipinski definition) is 1. The summed E-state index contributed by atoms with van der Waals surface area (Å²) in [5.74, 6) is 1.38. The van der Waals surface area contributed by atoms with Crippen LogP contribution in [-0.4, -0.2) is 38.8 Å². The lowest BCUT2D eigenvalue weighted by Gasteiger charge is -2.22. The Morgan fingerprint density at radius 3 is 3.04 bits per heavy atom. The highest BCUT2D eigenvalue weighted by Crippen LogP contribution is 2.33. The quantitative estimate of drug-likeness (QED) is 0.875. The molecule has 2 aliphatic rings. The fourth-order valence-electron chi connectivity index (χ4n) is 4.03. The highest BCUT2D eigenvalue weighted by molar-refractivity contribution is 5.77. The average Bonchev–Trinajstić information content (AvgIpc) is 3.36. The first kappa shape index (κ1) is 18.2. The Morgan fingerprint density at radius 2 is 2.22 bits per heavy atom. The molecule has 0 radical (unpaired) electrons. The van der Waals surface area contributed by atoms with Gasteiger partial charge in [-0.2, -0.15) is 5.10 Å². The predicted octanol–water partition coefficient (Wildman–Crippen LogP) is 2.78. The molecule has 0 bridgehead atoms. The molecule has 2 aliphatic heterocycles. The number of aryl methyl sites for hydroxylation is 2. The number of likely N-dealkylation sites (tertiary alicyclic amines) is 1. The molecule has 4 rings (SSSR count). The average molecular weight is 371 g/mol. The van der Waals surface area contributed by atoms with Crippen LogP contribution >= 0.6 is 0 Å². The maximum absolute atomic E-state index is 12.9. The summed E-state index contributed by atoms with van der Waals surface area (Å²) in [6.45, 7) is 7.83. The number of hydrogen-bond acceptors (Lipinski definition) is 5. The maximum Gasteiger partial charge on any atom is 0.223 e. The fraction of sp³-hybridized carbons (Fsp3) is 0.650. The van der Waals surface area contributed by atoms with E-state index in [0.29, 0.717) is 18.8 Å². The summed E-state index contributed by atoms with van der Waals surface area (Å²) in [4.78, 5) is 14.8. The number of rotatable bonds is 5. The lowest BCUT2D eigenvalue weighted by atomic mass is 10.1. The summed E-state index contributed by atoms with van der Waals surface area (Å²) in [6.07, 6.45) is 4.26. The summed E-state index contributed by atoms with van der Waals surface area (Å²) in [5.41, 5.74) is 3.13. The predicted molar refractivity (Wildman–Crippen MR) is 101 cm³/mol. The molecule has 0 aromatic carbocycles. The molecule has 0 unspecified atom stereocenters. The van der Waals surface area contributed by atoms with Crippen molar-refractivity contribution in [1.82, 2.24) is 25.2 Å². The van der Waals surface area contributed by atoms with Gasteiger partial charge in [-0.1, -0.05) is 19.0 Å². The first-order chi connectivity index (χ1) is 13.1. The molecule has 1 amide bonds. The van der Waals surface area contributed by atoms with Crippen molar-refractivity contribution in [3.63, 3.8) is 0 Å². The maximum atomic E-state index is 12.9. The van der Waals surface area contributed by atoms with Crippen molar-refractivity contribution in [2.24, 2.45) is 0 Å². The molecule has 0 spiro atoms. The molecule has 1 N–H and O–H groups in total. The molecular formula is C20H29N5O2. The summed E-state index contributed by atoms with van der Waals surface area (Å²) < 4.78 is 7.53. The first-order valence-corrected chi connectivity index (χ1v) is 10.1. The van der Waals surface area contributed by atoms with E-state index in [1.807, 2.05) is 11.0 Å². The Balaban J connectivity index is 1.38. The van der Waals surface area contributed by atoms with E-state index in [1.165, 1.54) is 5.69 Å². The number of nitrogens with zero attached hydrogens (tertiary/aromatic N) is 4. The topological polar surface area (TPSA) is 76.2 Å². The highest BCUT2D eigenvalue weighted by Gasteiger charge is 2.32. The van der Waals surface area contributed by atoms with Gasteiger partial charge in [-0.3, -0.25) is 9.48 Å². The van der Waals surface area contributed by atoms with Crippen LogP contribution < -0.4 is 5.32 Å². The molecule has 1 fully saturated rings. The Labute approximate surface area is 160 Å². The van der Waals surface area contributed by atoms with Crippen LogP contribution in [0.2, 0.25) is 0 Å². The van der Waals surface area contributed by atoms with Crippen molar-refractivity contribution in [1.29, 1.82) is 0 Å². The summed E-state index contributed by atoms with van der Waals surface area (Å²) in [6, 6.07) is 4.21. The normalized spacial score (nSPS) is 20.1. The molecular weight excluding hydrogens is 342 g/mol. The van der Waals surface area contributed by atoms with Gasteiger partial charge in [0.25, 0.3) is 0 Å². The number of amides is 1. The Morgan fingerprint density at radius 1 is 1.33 bits per heavy atom. The molecule has 4 heterocycles. The van der Waals surface area contributed by atoms with E-state index < -0.39 is 0 Å². The van der Waals surface area contributed by atoms with Crippen LogP contribution in [0.4, 0.5) is 0 Å². The van der Waals surface area contributed by atoms with Crippen LogP contribution in [0.15, 0.2) is 16.7 Å². The number of nitrogens with one attached hydrogen (secondary N) is 1. The van der Waals surface area contributed by atoms with Crippen LogP contribution in [0.1, 0.15) is 74.3 Å². The first-order valence-electron chi connectivity index (χ1n) is 10.1. The lowest BCUT2D eigenvalue weighted by molar-refractivity contribution is -0.132. The minimum absolute atomic E-state index is 0.0525. The van der Waals surface area contributed by atoms with Gasteiger partial charge in [0.15, 0.2) is 0 Å². The zero-order chi connectivity index (χ0) is 18.8. The third kappa shape index (κ3) is 3.93. The van der Waals surface area contributed by atoms with Gasteiger partial charge in [-0.15, -0.1) is 0 Å². The fourth-order valence-corrected chi connectivity index (χ4v) is 4.03. The van der Waals surface area contributed by atoms with E-state index in [0.717, 1.165) is 62.6 Å². The van der Waals surface area contributed by atoms with Gasteiger partial charge in [0, 0.05) is 44.5 Å². The monoisotopic (exact) mass is 371 g/mol. The standard InChI is InChI=1S/C20H29N5O2/c1-14(2)19-12-17(23-27-19)18-5-3-9-24(18)20(26)7-6-15-11-16-13-21-8-4-10-25(16)22-15/h11-12,14,18,21H,3-10,13H2,1-2H3/t18-/m1/s1. The van der Waals surface area contributed by atoms with Crippen LogP contribution in [0.3, 0.4) is 0 Å². The number of fused-ring (bicyclic) bond motifs is 1. The van der Waals surface area contributed by atoms with E-state index in [2.05, 4.69) is 40.2 Å². The molecule has 1 atom stereocenters. The molecule has 7 nitrogen and oxygen atoms in total. The van der Waals surface area contributed by atoms with E-state index in [4.69, 9.17) is 4.52 Å². The van der Waals surface area contributed by atoms with Crippen molar-refractivity contribution in [3.8, 4) is 0 Å². The molecule has 0 saturated carbocycles. The van der Waals surface area contributed by atoms with Gasteiger partial charge in [0.1, 0.15) is 11.5 Å². The molecule has 1 saturated heterocycles. The van der Waals surface area contributed by atoms with Crippen molar-refractivity contribution in [3.05, 3.63) is 35.0 Å². The van der Waals surface area contributed by atoms with E-state index in [-0.39, 0.29) is 11.9 Å². The number of aromatic nitrogens is 3. The van der Waals surface area contributed by atoms with Gasteiger partial charge in [-0.05, 0) is 31.9 Å². The smallest absolute Gasteiger partial charge is 0.223 e. The molecule has 0 aliphatic carbocycles. The minimum Gasteiger partial charge on any atom is -0.361 e. The largest absolute Gasteiger partial charge is 0.361 e. The second-order valence-corrected chi connectivity index (χ2v) is 7.93. The molecule has 146 valence electrons. The summed E-state index contributed by atoms with van der Waals surface area (Å²) in [7, 11) is 0. The minimum atomic E-state index is 0.0525. The van der Waals surface area contributed by atoms with E-state index >= 15 is 0 Å². The Bertz CT molecular complexity index is 771. The Kier molecular flexibility index (Phi) is 5.29. The van der Waals surface area contributed by atoms with Gasteiger partial charge in [0.2, 0.25) is 5.91 Å². The van der Waals surface area contributed by atoms with Crippen molar-refractivity contribution < 1.29 is 9.32 Å². The van der Waals surface area contributed by atoms with Crippen molar-refractivity contribution in [2.45, 2.75) is 71.0 Å². The second-order valence-electron chi connectivity index (χ2n) is 7.93. The van der Waals surface area contributed by atoms with Gasteiger partial charge in [0.05, 0.1) is 17.4 Å². The number of carbonyl (C=O) groups is 1. The second kappa shape index (κ2) is 7.84. The van der Waals surface area contributed by atoms with Crippen molar-refractivity contribution in [2.75, 3.05) is 13.1 Å². The number of carbonyl (C=O) groups excluding carboxylic acids is 1. The highest BCUT2D eigenvalue weighted by atomic mass is 16.5. The van der Waals surface area contributed by atoms with Crippen LogP contribution in [0.5, 0.6) is 0 Å². The van der Waals surface area contributed by atoms with E-state index in [9.17, 15) is 4.79 Å². The van der Waals surface area contributed by atoms with Crippen molar-refractivity contribution >= 4 is 5.91 Å². The molecule has 2 aromatic rings. The molecule has 2 aromatic heterocycles. The van der Waals surface area contributed by atoms with Crippen LogP contribution in [0, 0.1) is 0 Å². The third-order valence-corrected chi connectivity index (χ3v) is 5.57. The van der Waals surface area contributed by atoms with Gasteiger partial charge < -0.3 is 14.7 Å². The van der Waals surface area contributed by atoms with E-state index in [1.54, 1.807) is 0 Å². The summed E-state index contributed by atoms with van der Waals surface area (Å²) >= 11 is 0. The zero-order valence-electron chi connectivity index (χ0n) is 16.3. The molecule has 7 heteroatoms. The zero-order valence-corrected chi connectivity index (χ0v) is 16.3. The third-order valence-electron chi connectivity index (χ3n) is 5.57.